The normalized spacial score (nSPS) is 30.1. The van der Waals surface area contributed by atoms with E-state index in [2.05, 4.69) is 10.2 Å². The van der Waals surface area contributed by atoms with Crippen LogP contribution in [-0.4, -0.2) is 42.3 Å². The molecule has 9 heteroatoms. The van der Waals surface area contributed by atoms with E-state index in [-0.39, 0.29) is 17.9 Å². The summed E-state index contributed by atoms with van der Waals surface area (Å²) in [4.78, 5) is 44.9. The van der Waals surface area contributed by atoms with E-state index >= 15 is 0 Å². The first-order valence-corrected chi connectivity index (χ1v) is 11.7. The summed E-state index contributed by atoms with van der Waals surface area (Å²) in [7, 11) is 1.48. The molecule has 2 aromatic carbocycles. The highest BCUT2D eigenvalue weighted by molar-refractivity contribution is 6.35. The Hall–Kier alpha value is -2.61. The Morgan fingerprint density at radius 2 is 1.91 bits per heavy atom. The Morgan fingerprint density at radius 1 is 1.12 bits per heavy atom. The van der Waals surface area contributed by atoms with E-state index in [1.165, 1.54) is 12.0 Å². The van der Waals surface area contributed by atoms with E-state index in [4.69, 9.17) is 27.9 Å². The van der Waals surface area contributed by atoms with E-state index in [9.17, 15) is 14.4 Å². The van der Waals surface area contributed by atoms with E-state index in [0.717, 1.165) is 18.4 Å². The molecule has 0 aliphatic carbocycles. The monoisotopic (exact) mass is 485 g/mol. The molecule has 4 aliphatic rings. The first-order valence-electron chi connectivity index (χ1n) is 10.9. The van der Waals surface area contributed by atoms with Crippen LogP contribution < -0.4 is 15.0 Å². The first-order chi connectivity index (χ1) is 15.8. The molecule has 1 spiro atoms. The lowest BCUT2D eigenvalue weighted by molar-refractivity contribution is -0.135. The van der Waals surface area contributed by atoms with Crippen molar-refractivity contribution in [1.82, 2.24) is 4.90 Å². The molecule has 4 heterocycles. The Kier molecular flexibility index (Phi) is 4.41. The van der Waals surface area contributed by atoms with Gasteiger partial charge in [0.2, 0.25) is 11.8 Å². The Labute approximate surface area is 200 Å². The number of hydrogen-bond donors (Lipinski definition) is 1. The lowest BCUT2D eigenvalue weighted by atomic mass is 9.75. The fraction of sp³-hybridized carbons (Fsp3) is 0.375. The van der Waals surface area contributed by atoms with E-state index in [1.807, 2.05) is 13.0 Å². The standard InChI is InChI=1S/C24H21Cl2N3O4/c1-11-8-13-20(14(26)9-11)27-23(32)24(13)19-18(15-4-3-7-28(15)24)21(30)29(22(19)31)16-10-12(25)5-6-17(16)33-2/h5-6,8-10,15,18-19H,3-4,7H2,1-2H3,(H,27,32)/t15-,18+,19-,24-/m0/s1. The third-order valence-corrected chi connectivity index (χ3v) is 8.11. The maximum Gasteiger partial charge on any atom is 0.250 e. The zero-order valence-electron chi connectivity index (χ0n) is 18.0. The zero-order valence-corrected chi connectivity index (χ0v) is 19.5. The molecular formula is C24H21Cl2N3O4. The van der Waals surface area contributed by atoms with Gasteiger partial charge in [0.1, 0.15) is 11.3 Å². The van der Waals surface area contributed by atoms with Crippen LogP contribution in [0.3, 0.4) is 0 Å². The lowest BCUT2D eigenvalue weighted by Crippen LogP contribution is -2.54. The van der Waals surface area contributed by atoms with Crippen LogP contribution in [0, 0.1) is 18.8 Å². The minimum Gasteiger partial charge on any atom is -0.495 e. The summed E-state index contributed by atoms with van der Waals surface area (Å²) in [5, 5.41) is 3.74. The molecule has 4 atom stereocenters. The molecule has 170 valence electrons. The van der Waals surface area contributed by atoms with Crippen molar-refractivity contribution < 1.29 is 19.1 Å². The summed E-state index contributed by atoms with van der Waals surface area (Å²) < 4.78 is 5.43. The van der Waals surface area contributed by atoms with Crippen LogP contribution in [0.1, 0.15) is 24.0 Å². The molecule has 0 bridgehead atoms. The third-order valence-electron chi connectivity index (χ3n) is 7.58. The molecule has 3 fully saturated rings. The molecule has 3 amide bonds. The molecule has 1 N–H and O–H groups in total. The molecule has 6 rings (SSSR count). The topological polar surface area (TPSA) is 78.9 Å². The summed E-state index contributed by atoms with van der Waals surface area (Å²) in [6.45, 7) is 2.54. The highest BCUT2D eigenvalue weighted by Crippen LogP contribution is 2.61. The summed E-state index contributed by atoms with van der Waals surface area (Å²) in [6, 6.07) is 8.32. The van der Waals surface area contributed by atoms with Gasteiger partial charge in [-0.25, -0.2) is 4.90 Å². The number of carbonyl (C=O) groups is 3. The summed E-state index contributed by atoms with van der Waals surface area (Å²) in [5.41, 5.74) is 1.12. The van der Waals surface area contributed by atoms with Gasteiger partial charge in [-0.05, 0) is 56.1 Å². The highest BCUT2D eigenvalue weighted by Gasteiger charge is 2.75. The molecule has 0 unspecified atom stereocenters. The summed E-state index contributed by atoms with van der Waals surface area (Å²) in [6.07, 6.45) is 1.59. The number of hydrogen-bond acceptors (Lipinski definition) is 5. The van der Waals surface area contributed by atoms with Gasteiger partial charge in [0.25, 0.3) is 5.91 Å². The number of nitrogens with zero attached hydrogens (tertiary/aromatic N) is 2. The van der Waals surface area contributed by atoms with Gasteiger partial charge in [-0.2, -0.15) is 0 Å². The van der Waals surface area contributed by atoms with Crippen LogP contribution >= 0.6 is 23.2 Å². The van der Waals surface area contributed by atoms with E-state index < -0.39 is 23.3 Å². The Balaban J connectivity index is 1.58. The molecule has 33 heavy (non-hydrogen) atoms. The first kappa shape index (κ1) is 21.0. The number of rotatable bonds is 2. The van der Waals surface area contributed by atoms with Gasteiger partial charge in [-0.15, -0.1) is 0 Å². The fourth-order valence-corrected chi connectivity index (χ4v) is 6.96. The smallest absolute Gasteiger partial charge is 0.250 e. The summed E-state index contributed by atoms with van der Waals surface area (Å²) in [5.74, 6) is -2.17. The minimum absolute atomic E-state index is 0.211. The van der Waals surface area contributed by atoms with Gasteiger partial charge >= 0.3 is 0 Å². The molecule has 0 aromatic heterocycles. The number of aryl methyl sites for hydroxylation is 1. The highest BCUT2D eigenvalue weighted by atomic mass is 35.5. The van der Waals surface area contributed by atoms with Gasteiger partial charge in [0.05, 0.1) is 35.3 Å². The van der Waals surface area contributed by atoms with Gasteiger partial charge < -0.3 is 10.1 Å². The molecular weight excluding hydrogens is 465 g/mol. The van der Waals surface area contributed by atoms with Crippen LogP contribution in [0.2, 0.25) is 10.0 Å². The number of halogens is 2. The van der Waals surface area contributed by atoms with Crippen LogP contribution in [0.5, 0.6) is 5.75 Å². The van der Waals surface area contributed by atoms with Crippen LogP contribution in [0.15, 0.2) is 30.3 Å². The number of fused-ring (bicyclic) bond motifs is 7. The number of ether oxygens (including phenoxy) is 1. The van der Waals surface area contributed by atoms with Crippen molar-refractivity contribution in [1.29, 1.82) is 0 Å². The largest absolute Gasteiger partial charge is 0.495 e. The van der Waals surface area contributed by atoms with Crippen molar-refractivity contribution in [3.8, 4) is 5.75 Å². The number of methoxy groups -OCH3 is 1. The average molecular weight is 486 g/mol. The number of carbonyl (C=O) groups excluding carboxylic acids is 3. The Morgan fingerprint density at radius 3 is 2.67 bits per heavy atom. The number of anilines is 2. The Bertz CT molecular complexity index is 1260. The molecule has 4 aliphatic heterocycles. The predicted molar refractivity (Wildman–Crippen MR) is 124 cm³/mol. The average Bonchev–Trinajstić information content (AvgIpc) is 3.47. The SMILES string of the molecule is COc1ccc(Cl)cc1N1C(=O)[C@H]2[C@@H](C1=O)[C@@]1(C(=O)Nc3c(Cl)cc(C)cc31)N1CCC[C@@H]21. The number of imide groups is 1. The number of nitrogens with one attached hydrogen (secondary N) is 1. The van der Waals surface area contributed by atoms with Crippen molar-refractivity contribution in [3.63, 3.8) is 0 Å². The fourth-order valence-electron chi connectivity index (χ4n) is 6.47. The quantitative estimate of drug-likeness (QED) is 0.655. The summed E-state index contributed by atoms with van der Waals surface area (Å²) >= 11 is 12.7. The molecule has 7 nitrogen and oxygen atoms in total. The molecule has 2 aromatic rings. The number of amides is 3. The second-order valence-corrected chi connectivity index (χ2v) is 9.97. The third kappa shape index (κ3) is 2.47. The maximum atomic E-state index is 14.1. The lowest BCUT2D eigenvalue weighted by Gasteiger charge is -2.37. The van der Waals surface area contributed by atoms with Crippen molar-refractivity contribution >= 4 is 52.3 Å². The maximum absolute atomic E-state index is 14.1. The van der Waals surface area contributed by atoms with E-state index in [1.54, 1.807) is 24.3 Å². The van der Waals surface area contributed by atoms with Gasteiger partial charge in [0, 0.05) is 16.6 Å². The van der Waals surface area contributed by atoms with E-state index in [0.29, 0.717) is 39.3 Å². The minimum atomic E-state index is -1.27. The molecule has 0 radical (unpaired) electrons. The van der Waals surface area contributed by atoms with Crippen molar-refractivity contribution in [2.75, 3.05) is 23.9 Å². The molecule has 0 saturated carbocycles. The predicted octanol–water partition coefficient (Wildman–Crippen LogP) is 3.74. The van der Waals surface area contributed by atoms with Gasteiger partial charge in [-0.1, -0.05) is 29.3 Å². The van der Waals surface area contributed by atoms with Crippen molar-refractivity contribution in [2.45, 2.75) is 31.3 Å². The second kappa shape index (κ2) is 6.95. The number of benzene rings is 2. The van der Waals surface area contributed by atoms with Crippen molar-refractivity contribution in [3.05, 3.63) is 51.5 Å². The van der Waals surface area contributed by atoms with Crippen LogP contribution in [-0.2, 0) is 19.9 Å². The second-order valence-electron chi connectivity index (χ2n) is 9.12. The van der Waals surface area contributed by atoms with Crippen LogP contribution in [0.25, 0.3) is 0 Å². The van der Waals surface area contributed by atoms with Crippen LogP contribution in [0.4, 0.5) is 11.4 Å². The van der Waals surface area contributed by atoms with Gasteiger partial charge in [-0.3, -0.25) is 19.3 Å². The van der Waals surface area contributed by atoms with Crippen molar-refractivity contribution in [2.24, 2.45) is 11.8 Å². The zero-order chi connectivity index (χ0) is 23.2. The molecule has 3 saturated heterocycles. The van der Waals surface area contributed by atoms with Gasteiger partial charge in [0.15, 0.2) is 0 Å².